The number of aliphatic imine (C=N–C) groups is 1. The fourth-order valence-electron chi connectivity index (χ4n) is 2.89. The van der Waals surface area contributed by atoms with Crippen LogP contribution in [-0.4, -0.2) is 28.6 Å². The minimum absolute atomic E-state index is 0.00315. The summed E-state index contributed by atoms with van der Waals surface area (Å²) >= 11 is 1.50. The third-order valence-electron chi connectivity index (χ3n) is 4.35. The molecule has 0 bridgehead atoms. The van der Waals surface area contributed by atoms with Crippen molar-refractivity contribution in [1.29, 1.82) is 0 Å². The number of thiazole rings is 1. The lowest BCUT2D eigenvalue weighted by Crippen LogP contribution is -2.18. The Labute approximate surface area is 188 Å². The zero-order chi connectivity index (χ0) is 22.3. The number of nitro groups is 1. The molecule has 160 valence electrons. The number of rotatable bonds is 7. The maximum absolute atomic E-state index is 11.0. The van der Waals surface area contributed by atoms with Crippen molar-refractivity contribution in [2.45, 2.75) is 6.92 Å². The number of aromatic nitrogens is 1. The fraction of sp³-hybridized carbons (Fsp3) is 0.0870. The summed E-state index contributed by atoms with van der Waals surface area (Å²) in [4.78, 5) is 19.9. The number of ether oxygens (including phenoxy) is 1. The van der Waals surface area contributed by atoms with Gasteiger partial charge in [0.15, 0.2) is 10.8 Å². The van der Waals surface area contributed by atoms with Crippen molar-refractivity contribution >= 4 is 45.0 Å². The van der Waals surface area contributed by atoms with E-state index in [2.05, 4.69) is 20.5 Å². The lowest BCUT2D eigenvalue weighted by molar-refractivity contribution is -0.384. The van der Waals surface area contributed by atoms with Gasteiger partial charge in [-0.25, -0.2) is 9.98 Å². The van der Waals surface area contributed by atoms with Crippen LogP contribution in [0.2, 0.25) is 0 Å². The van der Waals surface area contributed by atoms with E-state index in [1.807, 2.05) is 55.5 Å². The molecule has 0 atom stereocenters. The highest BCUT2D eigenvalue weighted by molar-refractivity contribution is 7.20. The van der Waals surface area contributed by atoms with Gasteiger partial charge in [0.2, 0.25) is 0 Å². The molecule has 32 heavy (non-hydrogen) atoms. The third kappa shape index (κ3) is 5.13. The quantitative estimate of drug-likeness (QED) is 0.180. The van der Waals surface area contributed by atoms with Crippen LogP contribution >= 0.6 is 11.3 Å². The number of hydrogen-bond acceptors (Lipinski definition) is 7. The van der Waals surface area contributed by atoms with Crippen LogP contribution in [0.15, 0.2) is 82.9 Å². The molecule has 8 nitrogen and oxygen atoms in total. The second-order valence-corrected chi connectivity index (χ2v) is 7.63. The van der Waals surface area contributed by atoms with Gasteiger partial charge in [-0.05, 0) is 43.3 Å². The van der Waals surface area contributed by atoms with Crippen molar-refractivity contribution in [2.24, 2.45) is 10.1 Å². The first-order valence-electron chi connectivity index (χ1n) is 9.83. The summed E-state index contributed by atoms with van der Waals surface area (Å²) in [7, 11) is 0. The van der Waals surface area contributed by atoms with Crippen molar-refractivity contribution in [3.8, 4) is 5.75 Å². The van der Waals surface area contributed by atoms with Gasteiger partial charge in [-0.3, -0.25) is 15.5 Å². The Morgan fingerprint density at radius 1 is 1.16 bits per heavy atom. The first kappa shape index (κ1) is 21.1. The standard InChI is InChI=1S/C23H19N5O3S/c1-2-31-19-12-10-17(11-13-19)25-22(23-26-20-8-3-4-9-21(20)32-23)27-24-15-16-6-5-7-18(14-16)28(29)30/h3-15H,2H2,1H3,(H,25,27). The Morgan fingerprint density at radius 3 is 2.72 bits per heavy atom. The second kappa shape index (κ2) is 9.80. The Morgan fingerprint density at radius 2 is 1.97 bits per heavy atom. The predicted molar refractivity (Wildman–Crippen MR) is 127 cm³/mol. The summed E-state index contributed by atoms with van der Waals surface area (Å²) < 4.78 is 6.52. The number of non-ortho nitro benzene ring substituents is 1. The largest absolute Gasteiger partial charge is 0.494 e. The summed E-state index contributed by atoms with van der Waals surface area (Å²) in [5.41, 5.74) is 5.13. The molecular formula is C23H19N5O3S. The molecule has 0 aliphatic heterocycles. The molecule has 0 amide bonds. The van der Waals surface area contributed by atoms with Crippen LogP contribution in [0, 0.1) is 10.1 Å². The van der Waals surface area contributed by atoms with E-state index in [1.165, 1.54) is 29.7 Å². The summed E-state index contributed by atoms with van der Waals surface area (Å²) in [6, 6.07) is 21.5. The van der Waals surface area contributed by atoms with Gasteiger partial charge in [0, 0.05) is 17.7 Å². The molecule has 0 saturated heterocycles. The SMILES string of the molecule is CCOc1ccc(N=C(NN=Cc2cccc([N+](=O)[O-])c2)c2nc3ccccc3s2)cc1. The number of nitrogens with zero attached hydrogens (tertiary/aromatic N) is 4. The number of nitrogens with one attached hydrogen (secondary N) is 1. The molecule has 0 saturated carbocycles. The van der Waals surface area contributed by atoms with E-state index in [4.69, 9.17) is 4.74 Å². The average Bonchev–Trinajstić information content (AvgIpc) is 3.24. The molecule has 4 rings (SSSR count). The van der Waals surface area contributed by atoms with Crippen LogP contribution in [0.5, 0.6) is 5.75 Å². The molecule has 4 aromatic rings. The average molecular weight is 446 g/mol. The molecule has 0 fully saturated rings. The highest BCUT2D eigenvalue weighted by atomic mass is 32.1. The van der Waals surface area contributed by atoms with Crippen LogP contribution in [0.4, 0.5) is 11.4 Å². The smallest absolute Gasteiger partial charge is 0.270 e. The molecule has 3 aromatic carbocycles. The zero-order valence-corrected chi connectivity index (χ0v) is 18.0. The van der Waals surface area contributed by atoms with E-state index in [0.29, 0.717) is 28.7 Å². The Bertz CT molecular complexity index is 1270. The molecular weight excluding hydrogens is 426 g/mol. The van der Waals surface area contributed by atoms with Gasteiger partial charge in [0.1, 0.15) is 5.75 Å². The highest BCUT2D eigenvalue weighted by Gasteiger charge is 2.11. The van der Waals surface area contributed by atoms with Gasteiger partial charge >= 0.3 is 0 Å². The molecule has 1 heterocycles. The predicted octanol–water partition coefficient (Wildman–Crippen LogP) is 5.31. The van der Waals surface area contributed by atoms with Gasteiger partial charge in [-0.2, -0.15) is 5.10 Å². The number of para-hydroxylation sites is 1. The zero-order valence-electron chi connectivity index (χ0n) is 17.1. The summed E-state index contributed by atoms with van der Waals surface area (Å²) in [6.07, 6.45) is 1.51. The Balaban J connectivity index is 1.64. The van der Waals surface area contributed by atoms with Crippen LogP contribution in [-0.2, 0) is 0 Å². The molecule has 0 unspecified atom stereocenters. The van der Waals surface area contributed by atoms with Crippen LogP contribution in [0.1, 0.15) is 17.5 Å². The maximum atomic E-state index is 11.0. The van der Waals surface area contributed by atoms with Crippen LogP contribution < -0.4 is 10.2 Å². The summed E-state index contributed by atoms with van der Waals surface area (Å²) in [6.45, 7) is 2.52. The Kier molecular flexibility index (Phi) is 6.47. The van der Waals surface area contributed by atoms with E-state index < -0.39 is 4.92 Å². The molecule has 0 aliphatic carbocycles. The van der Waals surface area contributed by atoms with Gasteiger partial charge < -0.3 is 4.74 Å². The number of nitro benzene ring substituents is 1. The van der Waals surface area contributed by atoms with Crippen molar-refractivity contribution in [2.75, 3.05) is 6.61 Å². The van der Waals surface area contributed by atoms with E-state index >= 15 is 0 Å². The number of hydrogen-bond donors (Lipinski definition) is 1. The van der Waals surface area contributed by atoms with Gasteiger partial charge in [0.25, 0.3) is 5.69 Å². The molecule has 0 radical (unpaired) electrons. The minimum atomic E-state index is -0.440. The lowest BCUT2D eigenvalue weighted by atomic mass is 10.2. The van der Waals surface area contributed by atoms with Crippen LogP contribution in [0.25, 0.3) is 10.2 Å². The minimum Gasteiger partial charge on any atom is -0.494 e. The first-order valence-corrected chi connectivity index (χ1v) is 10.6. The van der Waals surface area contributed by atoms with Crippen LogP contribution in [0.3, 0.4) is 0 Å². The van der Waals surface area contributed by atoms with E-state index in [1.54, 1.807) is 12.1 Å². The number of amidine groups is 1. The highest BCUT2D eigenvalue weighted by Crippen LogP contribution is 2.24. The lowest BCUT2D eigenvalue weighted by Gasteiger charge is -2.05. The van der Waals surface area contributed by atoms with Crippen molar-refractivity contribution in [3.63, 3.8) is 0 Å². The number of benzene rings is 3. The maximum Gasteiger partial charge on any atom is 0.270 e. The topological polar surface area (TPSA) is 102 Å². The molecule has 9 heteroatoms. The van der Waals surface area contributed by atoms with E-state index in [0.717, 1.165) is 16.0 Å². The second-order valence-electron chi connectivity index (χ2n) is 6.60. The van der Waals surface area contributed by atoms with Gasteiger partial charge in [-0.1, -0.05) is 24.3 Å². The Hall–Kier alpha value is -4.11. The normalized spacial score (nSPS) is 11.7. The molecule has 1 N–H and O–H groups in total. The number of hydrazone groups is 1. The summed E-state index contributed by atoms with van der Waals surface area (Å²) in [5, 5.41) is 15.9. The fourth-order valence-corrected chi connectivity index (χ4v) is 3.80. The monoisotopic (exact) mass is 445 g/mol. The van der Waals surface area contributed by atoms with E-state index in [9.17, 15) is 10.1 Å². The van der Waals surface area contributed by atoms with E-state index in [-0.39, 0.29) is 5.69 Å². The van der Waals surface area contributed by atoms with Crippen molar-refractivity contribution in [1.82, 2.24) is 10.4 Å². The summed E-state index contributed by atoms with van der Waals surface area (Å²) in [5.74, 6) is 1.24. The van der Waals surface area contributed by atoms with Gasteiger partial charge in [-0.15, -0.1) is 11.3 Å². The first-order chi connectivity index (χ1) is 15.6. The molecule has 1 aromatic heterocycles. The molecule has 0 aliphatic rings. The number of fused-ring (bicyclic) bond motifs is 1. The van der Waals surface area contributed by atoms with Crippen molar-refractivity contribution in [3.05, 3.63) is 93.5 Å². The third-order valence-corrected chi connectivity index (χ3v) is 5.39. The van der Waals surface area contributed by atoms with Crippen molar-refractivity contribution < 1.29 is 9.66 Å². The van der Waals surface area contributed by atoms with Gasteiger partial charge in [0.05, 0.1) is 33.6 Å². The molecule has 0 spiro atoms.